The van der Waals surface area contributed by atoms with E-state index in [-0.39, 0.29) is 59.6 Å². The topological polar surface area (TPSA) is 235 Å². The maximum Gasteiger partial charge on any atom is 0.323 e. The second-order valence-corrected chi connectivity index (χ2v) is 13.8. The van der Waals surface area contributed by atoms with Gasteiger partial charge < -0.3 is 29.9 Å². The van der Waals surface area contributed by atoms with Gasteiger partial charge in [0.1, 0.15) is 23.0 Å². The van der Waals surface area contributed by atoms with Crippen LogP contribution >= 0.6 is 0 Å². The molecule has 0 aliphatic heterocycles. The Bertz CT molecular complexity index is 2060. The Hall–Kier alpha value is -5.70. The van der Waals surface area contributed by atoms with Crippen LogP contribution in [0.25, 0.3) is 12.2 Å². The van der Waals surface area contributed by atoms with Crippen LogP contribution in [0, 0.1) is 0 Å². The molecule has 4 rings (SSSR count). The van der Waals surface area contributed by atoms with Crippen molar-refractivity contribution >= 4 is 67.6 Å². The molecule has 2 aromatic carbocycles. The summed E-state index contributed by atoms with van der Waals surface area (Å²) in [5, 5.41) is 5.84. The first-order chi connectivity index (χ1) is 25.7. The van der Waals surface area contributed by atoms with Gasteiger partial charge in [-0.2, -0.15) is 46.7 Å². The lowest BCUT2D eigenvalue weighted by atomic mass is 10.1. The molecule has 4 aromatic rings. The fraction of sp³-hybridized carbons (Fsp3) is 0.294. The van der Waals surface area contributed by atoms with Crippen LogP contribution in [-0.2, 0) is 20.2 Å². The highest BCUT2D eigenvalue weighted by atomic mass is 32.2. The van der Waals surface area contributed by atoms with Crippen LogP contribution in [0.1, 0.15) is 38.8 Å². The lowest BCUT2D eigenvalue weighted by Gasteiger charge is -2.19. The first-order valence-electron chi connectivity index (χ1n) is 16.7. The van der Waals surface area contributed by atoms with Gasteiger partial charge in [0.15, 0.2) is 0 Å². The van der Waals surface area contributed by atoms with Crippen LogP contribution < -0.4 is 29.9 Å². The Morgan fingerprint density at radius 1 is 0.630 bits per heavy atom. The van der Waals surface area contributed by atoms with Crippen molar-refractivity contribution in [1.82, 2.24) is 29.9 Å². The normalized spacial score (nSPS) is 11.6. The lowest BCUT2D eigenvalue weighted by molar-refractivity contribution is 0.332. The molecule has 0 saturated heterocycles. The van der Waals surface area contributed by atoms with E-state index in [1.165, 1.54) is 48.6 Å². The summed E-state index contributed by atoms with van der Waals surface area (Å²) in [6, 6.07) is 8.12. The second kappa shape index (κ2) is 18.4. The fourth-order valence-electron chi connectivity index (χ4n) is 4.88. The molecule has 4 N–H and O–H groups in total. The number of nitrogens with one attached hydrogen (secondary N) is 2. The third-order valence-electron chi connectivity index (χ3n) is 7.50. The SMILES string of the molecule is C=CCOc1nc(Nc2ccc(/C=C/c3ccc(Nc4nc(OCC=C)nc(N(CC)CC)n4)cc3S(=O)(=O)O)c(S(=O)(=O)O)c2)nc(N(CC)CC)n1. The summed E-state index contributed by atoms with van der Waals surface area (Å²) < 4.78 is 81.5. The van der Waals surface area contributed by atoms with Gasteiger partial charge in [0.25, 0.3) is 20.2 Å². The number of ether oxygens (including phenoxy) is 2. The van der Waals surface area contributed by atoms with Crippen LogP contribution in [-0.4, -0.2) is 95.2 Å². The van der Waals surface area contributed by atoms with Crippen molar-refractivity contribution in [3.05, 3.63) is 72.8 Å². The first-order valence-corrected chi connectivity index (χ1v) is 19.5. The Morgan fingerprint density at radius 3 is 1.31 bits per heavy atom. The predicted octanol–water partition coefficient (Wildman–Crippen LogP) is 5.03. The van der Waals surface area contributed by atoms with Crippen molar-refractivity contribution in [2.24, 2.45) is 0 Å². The van der Waals surface area contributed by atoms with E-state index in [4.69, 9.17) is 9.47 Å². The zero-order valence-corrected chi connectivity index (χ0v) is 31.8. The minimum atomic E-state index is -4.81. The van der Waals surface area contributed by atoms with E-state index in [0.29, 0.717) is 38.1 Å². The van der Waals surface area contributed by atoms with E-state index in [1.54, 1.807) is 0 Å². The van der Waals surface area contributed by atoms with Gasteiger partial charge >= 0.3 is 12.0 Å². The molecular weight excluding hydrogens is 741 g/mol. The number of hydrogen-bond donors (Lipinski definition) is 4. The molecule has 0 unspecified atom stereocenters. The average Bonchev–Trinajstić information content (AvgIpc) is 3.13. The summed E-state index contributed by atoms with van der Waals surface area (Å²) in [7, 11) is -9.62. The minimum Gasteiger partial charge on any atom is -0.459 e. The van der Waals surface area contributed by atoms with E-state index in [2.05, 4.69) is 53.7 Å². The minimum absolute atomic E-state index is 0.00203. The Balaban J connectivity index is 1.68. The highest BCUT2D eigenvalue weighted by molar-refractivity contribution is 7.86. The molecule has 0 bridgehead atoms. The Kier molecular flexibility index (Phi) is 14.0. The molecule has 0 radical (unpaired) electrons. The van der Waals surface area contributed by atoms with Crippen LogP contribution in [0.2, 0.25) is 0 Å². The Morgan fingerprint density at radius 2 is 1.00 bits per heavy atom. The summed E-state index contributed by atoms with van der Waals surface area (Å²) in [5.74, 6) is 0.733. The number of hydrogen-bond acceptors (Lipinski definition) is 16. The molecule has 2 aromatic heterocycles. The maximum atomic E-state index is 12.5. The highest BCUT2D eigenvalue weighted by Gasteiger charge is 2.20. The molecule has 0 atom stereocenters. The second-order valence-electron chi connectivity index (χ2n) is 11.1. The van der Waals surface area contributed by atoms with Crippen molar-refractivity contribution < 1.29 is 35.4 Å². The molecule has 2 heterocycles. The number of anilines is 6. The standard InChI is InChI=1S/C34H42N10O8S2/c1-7-19-51-33-39-29(37-31(41-33)43(9-3)10-4)35-25-17-15-23(27(21-25)53(45,46)47)13-14-24-16-18-26(22-28(24)54(48,49)50)36-30-38-32(44(11-5)12-6)42-34(40-30)52-20-8-2/h7-8,13-18,21-22H,1-2,9-12,19-20H2,3-6H3,(H,45,46,47)(H,48,49,50)(H,35,37,39,41)(H,36,38,40,42)/b14-13+. The van der Waals surface area contributed by atoms with E-state index in [9.17, 15) is 25.9 Å². The number of benzene rings is 2. The summed E-state index contributed by atoms with van der Waals surface area (Å²) in [6.45, 7) is 17.6. The van der Waals surface area contributed by atoms with Gasteiger partial charge in [-0.1, -0.05) is 49.6 Å². The molecule has 0 fully saturated rings. The molecule has 0 aliphatic rings. The monoisotopic (exact) mass is 782 g/mol. The van der Waals surface area contributed by atoms with Crippen LogP contribution in [0.5, 0.6) is 12.0 Å². The number of nitrogens with zero attached hydrogens (tertiary/aromatic N) is 8. The Labute approximate surface area is 314 Å². The van der Waals surface area contributed by atoms with Crippen molar-refractivity contribution in [3.63, 3.8) is 0 Å². The lowest BCUT2D eigenvalue weighted by Crippen LogP contribution is -2.25. The van der Waals surface area contributed by atoms with Gasteiger partial charge in [-0.15, -0.1) is 0 Å². The quantitative estimate of drug-likeness (QED) is 0.0523. The zero-order chi connectivity index (χ0) is 39.5. The molecular formula is C34H42N10O8S2. The van der Waals surface area contributed by atoms with E-state index >= 15 is 0 Å². The number of aromatic nitrogens is 6. The molecule has 54 heavy (non-hydrogen) atoms. The molecule has 0 spiro atoms. The largest absolute Gasteiger partial charge is 0.459 e. The fourth-order valence-corrected chi connectivity index (χ4v) is 6.30. The van der Waals surface area contributed by atoms with Gasteiger partial charge in [0.05, 0.1) is 0 Å². The zero-order valence-electron chi connectivity index (χ0n) is 30.2. The first kappa shape index (κ1) is 41.1. The van der Waals surface area contributed by atoms with Gasteiger partial charge in [-0.25, -0.2) is 0 Å². The average molecular weight is 783 g/mol. The van der Waals surface area contributed by atoms with Gasteiger partial charge in [-0.05, 0) is 63.1 Å². The highest BCUT2D eigenvalue weighted by Crippen LogP contribution is 2.29. The summed E-state index contributed by atoms with van der Waals surface area (Å²) in [4.78, 5) is 28.7. The van der Waals surface area contributed by atoms with Gasteiger partial charge in [0, 0.05) is 37.6 Å². The molecule has 0 saturated carbocycles. The molecule has 18 nitrogen and oxygen atoms in total. The molecule has 0 amide bonds. The number of rotatable bonds is 20. The van der Waals surface area contributed by atoms with Crippen molar-refractivity contribution in [2.75, 3.05) is 59.8 Å². The van der Waals surface area contributed by atoms with Crippen LogP contribution in [0.15, 0.2) is 71.5 Å². The van der Waals surface area contributed by atoms with E-state index in [1.807, 2.05) is 37.5 Å². The maximum absolute atomic E-state index is 12.5. The van der Waals surface area contributed by atoms with Crippen LogP contribution in [0.4, 0.5) is 35.2 Å². The van der Waals surface area contributed by atoms with E-state index < -0.39 is 30.0 Å². The summed E-state index contributed by atoms with van der Waals surface area (Å²) >= 11 is 0. The molecule has 20 heteroatoms. The van der Waals surface area contributed by atoms with Crippen molar-refractivity contribution in [1.29, 1.82) is 0 Å². The molecule has 288 valence electrons. The third-order valence-corrected chi connectivity index (χ3v) is 9.32. The van der Waals surface area contributed by atoms with E-state index in [0.717, 1.165) is 12.1 Å². The van der Waals surface area contributed by atoms with Crippen molar-refractivity contribution in [2.45, 2.75) is 37.5 Å². The molecule has 0 aliphatic carbocycles. The summed E-state index contributed by atoms with van der Waals surface area (Å²) in [5.41, 5.74) is 0.394. The van der Waals surface area contributed by atoms with Gasteiger partial charge in [-0.3, -0.25) is 9.11 Å². The van der Waals surface area contributed by atoms with Crippen molar-refractivity contribution in [3.8, 4) is 12.0 Å². The summed E-state index contributed by atoms with van der Waals surface area (Å²) in [6.07, 6.45) is 5.61. The predicted molar refractivity (Wildman–Crippen MR) is 206 cm³/mol. The van der Waals surface area contributed by atoms with Gasteiger partial charge in [0.2, 0.25) is 23.8 Å². The smallest absolute Gasteiger partial charge is 0.323 e. The third kappa shape index (κ3) is 10.9. The van der Waals surface area contributed by atoms with Crippen LogP contribution in [0.3, 0.4) is 0 Å².